The number of anilines is 1. The molecule has 5 nitrogen and oxygen atoms in total. The van der Waals surface area contributed by atoms with Crippen molar-refractivity contribution in [2.24, 2.45) is 0 Å². The molecule has 0 aliphatic rings. The normalized spacial score (nSPS) is 10.7. The van der Waals surface area contributed by atoms with Crippen molar-refractivity contribution in [2.45, 2.75) is 13.8 Å². The van der Waals surface area contributed by atoms with Crippen molar-refractivity contribution >= 4 is 16.7 Å². The molecule has 0 fully saturated rings. The minimum atomic E-state index is 0.436. The highest BCUT2D eigenvalue weighted by Crippen LogP contribution is 2.30. The van der Waals surface area contributed by atoms with Gasteiger partial charge in [0.1, 0.15) is 17.4 Å². The van der Waals surface area contributed by atoms with Crippen LogP contribution in [-0.4, -0.2) is 15.0 Å². The molecule has 0 bridgehead atoms. The molecule has 5 heteroatoms. The lowest BCUT2D eigenvalue weighted by atomic mass is 10.2. The summed E-state index contributed by atoms with van der Waals surface area (Å²) in [7, 11) is 0. The maximum absolute atomic E-state index is 5.91. The van der Waals surface area contributed by atoms with E-state index in [1.54, 1.807) is 13.1 Å². The van der Waals surface area contributed by atoms with Crippen molar-refractivity contribution in [1.29, 1.82) is 0 Å². The Morgan fingerprint density at radius 2 is 1.90 bits per heavy atom. The van der Waals surface area contributed by atoms with E-state index >= 15 is 0 Å². The Kier molecular flexibility index (Phi) is 2.95. The van der Waals surface area contributed by atoms with E-state index in [0.717, 1.165) is 16.5 Å². The summed E-state index contributed by atoms with van der Waals surface area (Å²) in [5, 5.41) is 0.934. The minimum Gasteiger partial charge on any atom is -0.438 e. The first kappa shape index (κ1) is 12.3. The number of hydrogen-bond donors (Lipinski definition) is 1. The Labute approximate surface area is 116 Å². The Bertz CT molecular complexity index is 781. The molecule has 2 aromatic heterocycles. The summed E-state index contributed by atoms with van der Waals surface area (Å²) < 4.78 is 5.91. The van der Waals surface area contributed by atoms with E-state index in [0.29, 0.717) is 23.3 Å². The Hall–Kier alpha value is -2.69. The second-order valence-electron chi connectivity index (χ2n) is 4.51. The number of fused-ring (bicyclic) bond motifs is 1. The number of ether oxygens (including phenoxy) is 1. The molecule has 100 valence electrons. The smallest absolute Gasteiger partial charge is 0.227 e. The number of rotatable bonds is 2. The average molecular weight is 266 g/mol. The van der Waals surface area contributed by atoms with E-state index in [1.165, 1.54) is 0 Å². The zero-order chi connectivity index (χ0) is 14.1. The van der Waals surface area contributed by atoms with Crippen LogP contribution in [0, 0.1) is 13.8 Å². The molecule has 0 unspecified atom stereocenters. The molecule has 3 rings (SSSR count). The van der Waals surface area contributed by atoms with Crippen LogP contribution in [0.5, 0.6) is 11.6 Å². The van der Waals surface area contributed by atoms with Crippen molar-refractivity contribution in [3.8, 4) is 11.6 Å². The molecular weight excluding hydrogens is 252 g/mol. The molecule has 3 aromatic rings. The summed E-state index contributed by atoms with van der Waals surface area (Å²) in [5.41, 5.74) is 7.45. The van der Waals surface area contributed by atoms with Gasteiger partial charge in [0, 0.05) is 11.6 Å². The van der Waals surface area contributed by atoms with Crippen molar-refractivity contribution < 1.29 is 4.74 Å². The maximum atomic E-state index is 5.91. The standard InChI is InChI=1S/C15H14N4O/c1-9-14(16)18-10(2)19-15(9)20-13-7-3-6-12-11(13)5-4-8-17-12/h3-8H,1-2H3,(H2,16,18,19). The fourth-order valence-corrected chi connectivity index (χ4v) is 1.99. The van der Waals surface area contributed by atoms with Crippen LogP contribution >= 0.6 is 0 Å². The Morgan fingerprint density at radius 3 is 2.75 bits per heavy atom. The summed E-state index contributed by atoms with van der Waals surface area (Å²) in [6.07, 6.45) is 1.75. The van der Waals surface area contributed by atoms with Gasteiger partial charge >= 0.3 is 0 Å². The molecule has 0 aliphatic carbocycles. The van der Waals surface area contributed by atoms with Crippen LogP contribution in [0.15, 0.2) is 36.5 Å². The molecule has 0 aliphatic heterocycles. The largest absolute Gasteiger partial charge is 0.438 e. The number of aromatic nitrogens is 3. The number of nitrogen functional groups attached to an aromatic ring is 1. The second kappa shape index (κ2) is 4.77. The number of nitrogens with two attached hydrogens (primary N) is 1. The minimum absolute atomic E-state index is 0.436. The quantitative estimate of drug-likeness (QED) is 0.771. The van der Waals surface area contributed by atoms with Crippen molar-refractivity contribution in [3.63, 3.8) is 0 Å². The van der Waals surface area contributed by atoms with E-state index in [2.05, 4.69) is 15.0 Å². The van der Waals surface area contributed by atoms with Gasteiger partial charge in [-0.1, -0.05) is 6.07 Å². The van der Waals surface area contributed by atoms with Crippen LogP contribution < -0.4 is 10.5 Å². The van der Waals surface area contributed by atoms with Gasteiger partial charge in [0.05, 0.1) is 11.1 Å². The van der Waals surface area contributed by atoms with Crippen LogP contribution in [0.4, 0.5) is 5.82 Å². The van der Waals surface area contributed by atoms with Gasteiger partial charge in [0.15, 0.2) is 0 Å². The van der Waals surface area contributed by atoms with Crippen LogP contribution in [0.2, 0.25) is 0 Å². The van der Waals surface area contributed by atoms with Gasteiger partial charge in [-0.25, -0.2) is 4.98 Å². The SMILES string of the molecule is Cc1nc(N)c(C)c(Oc2cccc3ncccc23)n1. The molecule has 0 radical (unpaired) electrons. The van der Waals surface area contributed by atoms with E-state index in [1.807, 2.05) is 37.3 Å². The molecule has 0 amide bonds. The molecule has 0 saturated heterocycles. The molecule has 0 saturated carbocycles. The third-order valence-corrected chi connectivity index (χ3v) is 3.06. The lowest BCUT2D eigenvalue weighted by Crippen LogP contribution is -2.02. The van der Waals surface area contributed by atoms with E-state index in [-0.39, 0.29) is 0 Å². The third kappa shape index (κ3) is 2.14. The van der Waals surface area contributed by atoms with Crippen molar-refractivity contribution in [1.82, 2.24) is 15.0 Å². The second-order valence-corrected chi connectivity index (χ2v) is 4.51. The number of aryl methyl sites for hydroxylation is 1. The number of nitrogens with zero attached hydrogens (tertiary/aromatic N) is 3. The lowest BCUT2D eigenvalue weighted by Gasteiger charge is -2.11. The Morgan fingerprint density at radius 1 is 1.05 bits per heavy atom. The van der Waals surface area contributed by atoms with E-state index < -0.39 is 0 Å². The van der Waals surface area contributed by atoms with Gasteiger partial charge in [-0.2, -0.15) is 4.98 Å². The first-order chi connectivity index (χ1) is 9.65. The third-order valence-electron chi connectivity index (χ3n) is 3.06. The predicted octanol–water partition coefficient (Wildman–Crippen LogP) is 3.02. The molecule has 1 aromatic carbocycles. The first-order valence-corrected chi connectivity index (χ1v) is 6.27. The van der Waals surface area contributed by atoms with Gasteiger partial charge in [-0.3, -0.25) is 4.98 Å². The summed E-state index contributed by atoms with van der Waals surface area (Å²) in [4.78, 5) is 12.7. The van der Waals surface area contributed by atoms with Crippen LogP contribution in [0.1, 0.15) is 11.4 Å². The van der Waals surface area contributed by atoms with Gasteiger partial charge < -0.3 is 10.5 Å². The highest BCUT2D eigenvalue weighted by atomic mass is 16.5. The molecule has 0 spiro atoms. The summed E-state index contributed by atoms with van der Waals surface area (Å²) in [6.45, 7) is 3.63. The molecule has 0 atom stereocenters. The van der Waals surface area contributed by atoms with Crippen molar-refractivity contribution in [2.75, 3.05) is 5.73 Å². The lowest BCUT2D eigenvalue weighted by molar-refractivity contribution is 0.461. The van der Waals surface area contributed by atoms with Gasteiger partial charge in [-0.05, 0) is 38.1 Å². The fraction of sp³-hybridized carbons (Fsp3) is 0.133. The first-order valence-electron chi connectivity index (χ1n) is 6.27. The average Bonchev–Trinajstić information content (AvgIpc) is 2.44. The topological polar surface area (TPSA) is 73.9 Å². The van der Waals surface area contributed by atoms with Gasteiger partial charge in [-0.15, -0.1) is 0 Å². The zero-order valence-electron chi connectivity index (χ0n) is 11.3. The highest BCUT2D eigenvalue weighted by Gasteiger charge is 2.10. The van der Waals surface area contributed by atoms with Crippen LogP contribution in [-0.2, 0) is 0 Å². The van der Waals surface area contributed by atoms with Crippen LogP contribution in [0.25, 0.3) is 10.9 Å². The molecular formula is C15H14N4O. The summed E-state index contributed by atoms with van der Waals surface area (Å²) in [6, 6.07) is 9.56. The monoisotopic (exact) mass is 266 g/mol. The fourth-order valence-electron chi connectivity index (χ4n) is 1.99. The number of benzene rings is 1. The highest BCUT2D eigenvalue weighted by molar-refractivity contribution is 5.85. The maximum Gasteiger partial charge on any atom is 0.227 e. The van der Waals surface area contributed by atoms with E-state index in [9.17, 15) is 0 Å². The Balaban J connectivity index is 2.10. The predicted molar refractivity (Wildman–Crippen MR) is 77.7 cm³/mol. The number of pyridine rings is 1. The van der Waals surface area contributed by atoms with Crippen molar-refractivity contribution in [3.05, 3.63) is 47.9 Å². The van der Waals surface area contributed by atoms with Crippen LogP contribution in [0.3, 0.4) is 0 Å². The summed E-state index contributed by atoms with van der Waals surface area (Å²) in [5.74, 6) is 2.20. The zero-order valence-corrected chi connectivity index (χ0v) is 11.3. The molecule has 2 heterocycles. The van der Waals surface area contributed by atoms with E-state index in [4.69, 9.17) is 10.5 Å². The summed E-state index contributed by atoms with van der Waals surface area (Å²) >= 11 is 0. The molecule has 20 heavy (non-hydrogen) atoms. The van der Waals surface area contributed by atoms with Gasteiger partial charge in [0.2, 0.25) is 5.88 Å². The number of hydrogen-bond acceptors (Lipinski definition) is 5. The molecule has 2 N–H and O–H groups in total. The van der Waals surface area contributed by atoms with Gasteiger partial charge in [0.25, 0.3) is 0 Å².